The van der Waals surface area contributed by atoms with Gasteiger partial charge in [-0.3, -0.25) is 9.78 Å². The molecule has 4 nitrogen and oxygen atoms in total. The fraction of sp³-hybridized carbons (Fsp3) is 0.200. The number of halogens is 2. The Kier molecular flexibility index (Phi) is 5.85. The van der Waals surface area contributed by atoms with Crippen LogP contribution < -0.4 is 5.32 Å². The van der Waals surface area contributed by atoms with E-state index in [2.05, 4.69) is 10.3 Å². The summed E-state index contributed by atoms with van der Waals surface area (Å²) in [4.78, 5) is 16.4. The Morgan fingerprint density at radius 3 is 2.50 bits per heavy atom. The number of hydrogen-bond acceptors (Lipinski definition) is 4. The first-order valence-corrected chi connectivity index (χ1v) is 7.48. The first kappa shape index (κ1) is 16.4. The van der Waals surface area contributed by atoms with Gasteiger partial charge in [0.1, 0.15) is 17.7 Å². The molecule has 1 atom stereocenters. The minimum Gasteiger partial charge on any atom is -0.386 e. The molecule has 0 aliphatic carbocycles. The van der Waals surface area contributed by atoms with Gasteiger partial charge in [0, 0.05) is 23.8 Å². The number of rotatable bonds is 6. The van der Waals surface area contributed by atoms with E-state index in [0.717, 1.165) is 17.0 Å². The molecule has 0 bridgehead atoms. The molecule has 2 aromatic rings. The van der Waals surface area contributed by atoms with Crippen LogP contribution in [0.15, 0.2) is 47.6 Å². The Morgan fingerprint density at radius 1 is 1.23 bits per heavy atom. The van der Waals surface area contributed by atoms with Crippen LogP contribution in [-0.2, 0) is 4.79 Å². The number of hydrogen-bond donors (Lipinski definition) is 2. The van der Waals surface area contributed by atoms with E-state index < -0.39 is 23.3 Å². The fourth-order valence-electron chi connectivity index (χ4n) is 1.78. The van der Waals surface area contributed by atoms with Crippen LogP contribution in [0.3, 0.4) is 0 Å². The highest BCUT2D eigenvalue weighted by molar-refractivity contribution is 8.00. The smallest absolute Gasteiger partial charge is 0.230 e. The molecular formula is C15H14F2N2O2S. The van der Waals surface area contributed by atoms with Gasteiger partial charge in [-0.2, -0.15) is 0 Å². The zero-order valence-electron chi connectivity index (χ0n) is 11.5. The van der Waals surface area contributed by atoms with Crippen molar-refractivity contribution in [2.24, 2.45) is 0 Å². The van der Waals surface area contributed by atoms with Gasteiger partial charge in [0.05, 0.1) is 11.3 Å². The maximum Gasteiger partial charge on any atom is 0.230 e. The molecule has 0 fully saturated rings. The van der Waals surface area contributed by atoms with Gasteiger partial charge in [0.2, 0.25) is 5.91 Å². The lowest BCUT2D eigenvalue weighted by molar-refractivity contribution is -0.119. The van der Waals surface area contributed by atoms with Gasteiger partial charge in [0.15, 0.2) is 0 Å². The lowest BCUT2D eigenvalue weighted by atomic mass is 10.1. The van der Waals surface area contributed by atoms with Crippen LogP contribution in [0.4, 0.5) is 8.78 Å². The number of carbonyl (C=O) groups is 1. The number of aliphatic hydroxyl groups is 1. The Labute approximate surface area is 130 Å². The molecule has 0 saturated heterocycles. The topological polar surface area (TPSA) is 62.2 Å². The Morgan fingerprint density at radius 2 is 1.86 bits per heavy atom. The largest absolute Gasteiger partial charge is 0.386 e. The van der Waals surface area contributed by atoms with Crippen LogP contribution in [0.25, 0.3) is 0 Å². The molecule has 0 saturated carbocycles. The monoisotopic (exact) mass is 324 g/mol. The van der Waals surface area contributed by atoms with Crippen molar-refractivity contribution in [3.05, 3.63) is 59.9 Å². The van der Waals surface area contributed by atoms with Gasteiger partial charge in [-0.15, -0.1) is 11.8 Å². The summed E-state index contributed by atoms with van der Waals surface area (Å²) in [6.45, 7) is -0.256. The lowest BCUT2D eigenvalue weighted by Crippen LogP contribution is -2.30. The molecule has 1 aromatic heterocycles. The standard InChI is InChI=1S/C15H14F2N2O2S/c16-11-2-1-3-12(17)15(11)13(20)8-19-14(21)9-22-10-4-6-18-7-5-10/h1-7,13,20H,8-9H2,(H,19,21). The van der Waals surface area contributed by atoms with E-state index >= 15 is 0 Å². The number of nitrogens with one attached hydrogen (secondary N) is 1. The highest BCUT2D eigenvalue weighted by Gasteiger charge is 2.18. The summed E-state index contributed by atoms with van der Waals surface area (Å²) in [7, 11) is 0. The highest BCUT2D eigenvalue weighted by Crippen LogP contribution is 2.20. The van der Waals surface area contributed by atoms with Gasteiger partial charge < -0.3 is 10.4 Å². The van der Waals surface area contributed by atoms with Crippen LogP contribution in [0.1, 0.15) is 11.7 Å². The zero-order chi connectivity index (χ0) is 15.9. The van der Waals surface area contributed by atoms with Crippen LogP contribution >= 0.6 is 11.8 Å². The fourth-order valence-corrected chi connectivity index (χ4v) is 2.49. The number of benzene rings is 1. The molecule has 0 aliphatic rings. The first-order chi connectivity index (χ1) is 10.6. The van der Waals surface area contributed by atoms with Crippen LogP contribution in [-0.4, -0.2) is 28.3 Å². The number of amides is 1. The van der Waals surface area contributed by atoms with Crippen LogP contribution in [0, 0.1) is 11.6 Å². The minimum absolute atomic E-state index is 0.135. The summed E-state index contributed by atoms with van der Waals surface area (Å²) in [5.74, 6) is -1.88. The molecule has 2 N–H and O–H groups in total. The third-order valence-electron chi connectivity index (χ3n) is 2.85. The van der Waals surface area contributed by atoms with Crippen molar-refractivity contribution in [2.45, 2.75) is 11.0 Å². The molecule has 0 radical (unpaired) electrons. The van der Waals surface area contributed by atoms with E-state index in [1.165, 1.54) is 17.8 Å². The maximum absolute atomic E-state index is 13.5. The molecule has 7 heteroatoms. The van der Waals surface area contributed by atoms with E-state index in [0.29, 0.717) is 0 Å². The number of aromatic nitrogens is 1. The molecule has 1 heterocycles. The van der Waals surface area contributed by atoms with Gasteiger partial charge in [-0.25, -0.2) is 8.78 Å². The number of aliphatic hydroxyl groups excluding tert-OH is 1. The number of nitrogens with zero attached hydrogens (tertiary/aromatic N) is 1. The Hall–Kier alpha value is -1.99. The minimum atomic E-state index is -1.43. The molecule has 1 unspecified atom stereocenters. The highest BCUT2D eigenvalue weighted by atomic mass is 32.2. The molecular weight excluding hydrogens is 310 g/mol. The van der Waals surface area contributed by atoms with E-state index in [-0.39, 0.29) is 18.2 Å². The average Bonchev–Trinajstić information content (AvgIpc) is 2.52. The quantitative estimate of drug-likeness (QED) is 0.801. The normalized spacial score (nSPS) is 12.0. The third-order valence-corrected chi connectivity index (χ3v) is 3.86. The van der Waals surface area contributed by atoms with Gasteiger partial charge in [-0.1, -0.05) is 6.07 Å². The second-order valence-electron chi connectivity index (χ2n) is 4.43. The Balaban J connectivity index is 1.83. The summed E-state index contributed by atoms with van der Waals surface area (Å²) >= 11 is 1.30. The summed E-state index contributed by atoms with van der Waals surface area (Å²) in [6, 6.07) is 6.86. The first-order valence-electron chi connectivity index (χ1n) is 6.49. The second-order valence-corrected chi connectivity index (χ2v) is 5.48. The summed E-state index contributed by atoms with van der Waals surface area (Å²) < 4.78 is 26.9. The van der Waals surface area contributed by atoms with Crippen LogP contribution in [0.5, 0.6) is 0 Å². The van der Waals surface area contributed by atoms with E-state index in [1.807, 2.05) is 0 Å². The second kappa shape index (κ2) is 7.86. The summed E-state index contributed by atoms with van der Waals surface area (Å²) in [5, 5.41) is 12.3. The van der Waals surface area contributed by atoms with Crippen LogP contribution in [0.2, 0.25) is 0 Å². The van der Waals surface area contributed by atoms with Crippen molar-refractivity contribution in [3.63, 3.8) is 0 Å². The molecule has 2 rings (SSSR count). The predicted octanol–water partition coefficient (Wildman–Crippen LogP) is 2.30. The lowest BCUT2D eigenvalue weighted by Gasteiger charge is -2.13. The van der Waals surface area contributed by atoms with E-state index in [9.17, 15) is 18.7 Å². The predicted molar refractivity (Wildman–Crippen MR) is 79.3 cm³/mol. The SMILES string of the molecule is O=C(CSc1ccncc1)NCC(O)c1c(F)cccc1F. The summed E-state index contributed by atoms with van der Waals surface area (Å²) in [6.07, 6.45) is 1.80. The molecule has 0 spiro atoms. The molecule has 1 amide bonds. The van der Waals surface area contributed by atoms with Crippen molar-refractivity contribution in [1.29, 1.82) is 0 Å². The van der Waals surface area contributed by atoms with Crippen molar-refractivity contribution >= 4 is 17.7 Å². The Bertz CT molecular complexity index is 620. The number of carbonyl (C=O) groups excluding carboxylic acids is 1. The van der Waals surface area contributed by atoms with E-state index in [1.54, 1.807) is 24.5 Å². The zero-order valence-corrected chi connectivity index (χ0v) is 12.3. The third kappa shape index (κ3) is 4.51. The maximum atomic E-state index is 13.5. The number of pyridine rings is 1. The van der Waals surface area contributed by atoms with Gasteiger partial charge in [0.25, 0.3) is 0 Å². The van der Waals surface area contributed by atoms with Crippen molar-refractivity contribution in [3.8, 4) is 0 Å². The van der Waals surface area contributed by atoms with Gasteiger partial charge in [-0.05, 0) is 24.3 Å². The molecule has 0 aliphatic heterocycles. The summed E-state index contributed by atoms with van der Waals surface area (Å²) in [5.41, 5.74) is -0.440. The molecule has 116 valence electrons. The molecule has 22 heavy (non-hydrogen) atoms. The van der Waals surface area contributed by atoms with Gasteiger partial charge >= 0.3 is 0 Å². The van der Waals surface area contributed by atoms with Crippen molar-refractivity contribution in [1.82, 2.24) is 10.3 Å². The average molecular weight is 324 g/mol. The van der Waals surface area contributed by atoms with E-state index in [4.69, 9.17) is 0 Å². The number of thioether (sulfide) groups is 1. The van der Waals surface area contributed by atoms with Crippen molar-refractivity contribution in [2.75, 3.05) is 12.3 Å². The molecule has 1 aromatic carbocycles. The van der Waals surface area contributed by atoms with Crippen molar-refractivity contribution < 1.29 is 18.7 Å².